The lowest BCUT2D eigenvalue weighted by Gasteiger charge is -2.11. The lowest BCUT2D eigenvalue weighted by molar-refractivity contribution is 0.570. The third kappa shape index (κ3) is 6.02. The number of guanidine groups is 1. The van der Waals surface area contributed by atoms with E-state index in [1.54, 1.807) is 17.5 Å². The van der Waals surface area contributed by atoms with E-state index in [-0.39, 0.29) is 0 Å². The van der Waals surface area contributed by atoms with E-state index >= 15 is 0 Å². The predicted molar refractivity (Wildman–Crippen MR) is 95.9 cm³/mol. The van der Waals surface area contributed by atoms with Crippen molar-refractivity contribution in [1.29, 1.82) is 0 Å². The fourth-order valence-corrected chi connectivity index (χ4v) is 2.87. The number of hydrogen-bond donors (Lipinski definition) is 2. The quantitative estimate of drug-likeness (QED) is 0.442. The average Bonchev–Trinajstić information content (AvgIpc) is 3.20. The number of nitrogens with zero attached hydrogens (tertiary/aromatic N) is 4. The molecule has 0 saturated carbocycles. The highest BCUT2D eigenvalue weighted by molar-refractivity contribution is 7.09. The number of rotatable bonds is 8. The van der Waals surface area contributed by atoms with Gasteiger partial charge in [0.15, 0.2) is 5.96 Å². The van der Waals surface area contributed by atoms with Crippen LogP contribution < -0.4 is 10.6 Å². The standard InChI is InChI=1S/C16H26N6S/c1-4-17-16(18-7-5-9-22-10-6-8-20-22)19-11-14-12-23-15(21-14)13(2)3/h6,8,10,12-13H,4-5,7,9,11H2,1-3H3,(H2,17,18,19). The van der Waals surface area contributed by atoms with Gasteiger partial charge in [-0.2, -0.15) is 5.10 Å². The molecule has 0 radical (unpaired) electrons. The second kappa shape index (κ2) is 9.29. The van der Waals surface area contributed by atoms with Crippen LogP contribution in [0.25, 0.3) is 0 Å². The molecule has 0 bridgehead atoms. The Balaban J connectivity index is 1.79. The molecule has 126 valence electrons. The summed E-state index contributed by atoms with van der Waals surface area (Å²) in [6, 6.07) is 1.94. The topological polar surface area (TPSA) is 67.1 Å². The molecule has 2 rings (SSSR count). The van der Waals surface area contributed by atoms with E-state index in [0.29, 0.717) is 12.5 Å². The first-order valence-electron chi connectivity index (χ1n) is 8.13. The number of hydrogen-bond acceptors (Lipinski definition) is 4. The summed E-state index contributed by atoms with van der Waals surface area (Å²) in [6.07, 6.45) is 4.78. The van der Waals surface area contributed by atoms with Gasteiger partial charge in [-0.25, -0.2) is 9.98 Å². The second-order valence-electron chi connectivity index (χ2n) is 5.58. The van der Waals surface area contributed by atoms with Gasteiger partial charge in [-0.05, 0) is 19.4 Å². The Labute approximate surface area is 142 Å². The van der Waals surface area contributed by atoms with Gasteiger partial charge in [0.05, 0.1) is 17.2 Å². The van der Waals surface area contributed by atoms with E-state index < -0.39 is 0 Å². The van der Waals surface area contributed by atoms with Crippen LogP contribution in [0.4, 0.5) is 0 Å². The molecule has 2 heterocycles. The number of aromatic nitrogens is 3. The summed E-state index contributed by atoms with van der Waals surface area (Å²) in [7, 11) is 0. The first-order chi connectivity index (χ1) is 11.2. The van der Waals surface area contributed by atoms with Gasteiger partial charge in [-0.15, -0.1) is 11.3 Å². The van der Waals surface area contributed by atoms with E-state index in [9.17, 15) is 0 Å². The zero-order valence-electron chi connectivity index (χ0n) is 14.1. The summed E-state index contributed by atoms with van der Waals surface area (Å²) in [4.78, 5) is 9.22. The SMILES string of the molecule is CCNC(=NCc1csc(C(C)C)n1)NCCCn1cccn1. The molecule has 0 aromatic carbocycles. The molecule has 0 aliphatic heterocycles. The Morgan fingerprint density at radius 3 is 2.91 bits per heavy atom. The minimum atomic E-state index is 0.478. The molecule has 2 aromatic rings. The van der Waals surface area contributed by atoms with Gasteiger partial charge in [-0.3, -0.25) is 4.68 Å². The maximum Gasteiger partial charge on any atom is 0.191 e. The van der Waals surface area contributed by atoms with Crippen LogP contribution >= 0.6 is 11.3 Å². The van der Waals surface area contributed by atoms with Crippen molar-refractivity contribution in [3.8, 4) is 0 Å². The van der Waals surface area contributed by atoms with Crippen molar-refractivity contribution in [3.63, 3.8) is 0 Å². The molecule has 0 aliphatic rings. The lowest BCUT2D eigenvalue weighted by atomic mass is 10.2. The van der Waals surface area contributed by atoms with E-state index in [1.165, 1.54) is 5.01 Å². The van der Waals surface area contributed by atoms with Gasteiger partial charge < -0.3 is 10.6 Å². The van der Waals surface area contributed by atoms with Crippen molar-refractivity contribution >= 4 is 17.3 Å². The molecule has 23 heavy (non-hydrogen) atoms. The van der Waals surface area contributed by atoms with Gasteiger partial charge >= 0.3 is 0 Å². The van der Waals surface area contributed by atoms with Gasteiger partial charge in [0.25, 0.3) is 0 Å². The fourth-order valence-electron chi connectivity index (χ4n) is 2.04. The lowest BCUT2D eigenvalue weighted by Crippen LogP contribution is -2.38. The maximum atomic E-state index is 4.62. The first-order valence-corrected chi connectivity index (χ1v) is 9.01. The number of aryl methyl sites for hydroxylation is 1. The highest BCUT2D eigenvalue weighted by Crippen LogP contribution is 2.19. The van der Waals surface area contributed by atoms with Gasteiger partial charge in [-0.1, -0.05) is 13.8 Å². The van der Waals surface area contributed by atoms with Crippen LogP contribution in [0.1, 0.15) is 43.8 Å². The monoisotopic (exact) mass is 334 g/mol. The zero-order valence-corrected chi connectivity index (χ0v) is 14.9. The van der Waals surface area contributed by atoms with Crippen molar-refractivity contribution in [2.75, 3.05) is 13.1 Å². The largest absolute Gasteiger partial charge is 0.357 e. The zero-order chi connectivity index (χ0) is 16.5. The van der Waals surface area contributed by atoms with Crippen LogP contribution in [-0.2, 0) is 13.1 Å². The molecule has 0 unspecified atom stereocenters. The molecule has 2 N–H and O–H groups in total. The smallest absolute Gasteiger partial charge is 0.191 e. The normalized spacial score (nSPS) is 11.9. The first kappa shape index (κ1) is 17.5. The van der Waals surface area contributed by atoms with Gasteiger partial charge in [0.2, 0.25) is 0 Å². The van der Waals surface area contributed by atoms with Crippen molar-refractivity contribution < 1.29 is 0 Å². The summed E-state index contributed by atoms with van der Waals surface area (Å²) in [6.45, 7) is 9.62. The van der Waals surface area contributed by atoms with E-state index in [1.807, 2.05) is 16.9 Å². The van der Waals surface area contributed by atoms with Crippen LogP contribution in [0.2, 0.25) is 0 Å². The van der Waals surface area contributed by atoms with Crippen LogP contribution in [0, 0.1) is 0 Å². The Hall–Kier alpha value is -1.89. The molecular formula is C16H26N6S. The average molecular weight is 334 g/mol. The molecule has 0 aliphatic carbocycles. The number of aliphatic imine (C=N–C) groups is 1. The van der Waals surface area contributed by atoms with Crippen LogP contribution in [0.3, 0.4) is 0 Å². The summed E-state index contributed by atoms with van der Waals surface area (Å²) in [5.74, 6) is 1.32. The molecular weight excluding hydrogens is 308 g/mol. The molecule has 0 saturated heterocycles. The number of nitrogens with one attached hydrogen (secondary N) is 2. The second-order valence-corrected chi connectivity index (χ2v) is 6.47. The molecule has 2 aromatic heterocycles. The Kier molecular flexibility index (Phi) is 7.06. The van der Waals surface area contributed by atoms with Crippen molar-refractivity contribution in [2.45, 2.75) is 46.2 Å². The van der Waals surface area contributed by atoms with Crippen molar-refractivity contribution in [3.05, 3.63) is 34.5 Å². The highest BCUT2D eigenvalue weighted by atomic mass is 32.1. The van der Waals surface area contributed by atoms with Crippen LogP contribution in [0.5, 0.6) is 0 Å². The molecule has 7 heteroatoms. The third-order valence-corrected chi connectivity index (χ3v) is 4.42. The molecule has 6 nitrogen and oxygen atoms in total. The number of thiazole rings is 1. The molecule has 0 fully saturated rings. The van der Waals surface area contributed by atoms with Gasteiger partial charge in [0.1, 0.15) is 0 Å². The van der Waals surface area contributed by atoms with E-state index in [2.05, 4.69) is 51.9 Å². The summed E-state index contributed by atoms with van der Waals surface area (Å²) in [5.41, 5.74) is 1.03. The molecule has 0 spiro atoms. The summed E-state index contributed by atoms with van der Waals surface area (Å²) < 4.78 is 1.94. The van der Waals surface area contributed by atoms with Gasteiger partial charge in [0, 0.05) is 43.3 Å². The van der Waals surface area contributed by atoms with Crippen LogP contribution in [0.15, 0.2) is 28.8 Å². The van der Waals surface area contributed by atoms with Crippen molar-refractivity contribution in [2.24, 2.45) is 4.99 Å². The summed E-state index contributed by atoms with van der Waals surface area (Å²) in [5, 5.41) is 14.1. The Morgan fingerprint density at radius 2 is 2.26 bits per heavy atom. The van der Waals surface area contributed by atoms with E-state index in [4.69, 9.17) is 0 Å². The molecule has 0 atom stereocenters. The molecule has 0 amide bonds. The minimum absolute atomic E-state index is 0.478. The van der Waals surface area contributed by atoms with Crippen molar-refractivity contribution in [1.82, 2.24) is 25.4 Å². The Morgan fingerprint density at radius 1 is 1.39 bits per heavy atom. The summed E-state index contributed by atoms with van der Waals surface area (Å²) >= 11 is 1.71. The minimum Gasteiger partial charge on any atom is -0.357 e. The van der Waals surface area contributed by atoms with E-state index in [0.717, 1.165) is 37.7 Å². The third-order valence-electron chi connectivity index (χ3n) is 3.22. The maximum absolute atomic E-state index is 4.62. The van der Waals surface area contributed by atoms with Crippen LogP contribution in [-0.4, -0.2) is 33.8 Å². The highest BCUT2D eigenvalue weighted by Gasteiger charge is 2.05. The predicted octanol–water partition coefficient (Wildman–Crippen LogP) is 2.61. The Bertz CT molecular complexity index is 587. The fraction of sp³-hybridized carbons (Fsp3) is 0.562.